The molecule has 1 aliphatic heterocycles. The van der Waals surface area contributed by atoms with Gasteiger partial charge in [-0.05, 0) is 49.2 Å². The molecule has 1 amide bonds. The molecule has 8 nitrogen and oxygen atoms in total. The van der Waals surface area contributed by atoms with Crippen molar-refractivity contribution in [2.75, 3.05) is 20.1 Å². The summed E-state index contributed by atoms with van der Waals surface area (Å²) >= 11 is 5.90. The Morgan fingerprint density at radius 2 is 1.78 bits per heavy atom. The van der Waals surface area contributed by atoms with Gasteiger partial charge in [-0.15, -0.1) is 0 Å². The highest BCUT2D eigenvalue weighted by molar-refractivity contribution is 7.89. The molecule has 1 aromatic heterocycles. The molecule has 0 atom stereocenters. The molecule has 0 unspecified atom stereocenters. The quantitative estimate of drug-likeness (QED) is 0.542. The molecule has 1 saturated heterocycles. The largest absolute Gasteiger partial charge is 0.337 e. The second kappa shape index (κ2) is 9.40. The minimum atomic E-state index is -3.54. The molecule has 0 radical (unpaired) electrons. The third kappa shape index (κ3) is 4.85. The summed E-state index contributed by atoms with van der Waals surface area (Å²) in [6, 6.07) is 15.4. The van der Waals surface area contributed by atoms with Crippen molar-refractivity contribution in [3.8, 4) is 11.4 Å². The minimum absolute atomic E-state index is 0.0620. The van der Waals surface area contributed by atoms with Gasteiger partial charge in [0, 0.05) is 36.6 Å². The molecular formula is C22H23ClN4O4S. The molecule has 168 valence electrons. The normalized spacial score (nSPS) is 15.6. The zero-order valence-electron chi connectivity index (χ0n) is 17.5. The molecule has 0 bridgehead atoms. The van der Waals surface area contributed by atoms with Crippen LogP contribution < -0.4 is 0 Å². The molecule has 0 N–H and O–H groups in total. The van der Waals surface area contributed by atoms with Gasteiger partial charge in [0.05, 0.1) is 11.4 Å². The van der Waals surface area contributed by atoms with Gasteiger partial charge in [-0.25, -0.2) is 8.42 Å². The summed E-state index contributed by atoms with van der Waals surface area (Å²) in [5.74, 6) is 0.445. The average Bonchev–Trinajstić information content (AvgIpc) is 3.28. The first-order valence-electron chi connectivity index (χ1n) is 10.2. The van der Waals surface area contributed by atoms with Crippen LogP contribution in [0.25, 0.3) is 11.4 Å². The molecule has 1 fully saturated rings. The smallest absolute Gasteiger partial charge is 0.246 e. The fourth-order valence-corrected chi connectivity index (χ4v) is 5.33. The van der Waals surface area contributed by atoms with Crippen LogP contribution in [-0.4, -0.2) is 53.8 Å². The highest BCUT2D eigenvalue weighted by Gasteiger charge is 2.33. The van der Waals surface area contributed by atoms with Crippen LogP contribution in [0.5, 0.6) is 0 Å². The highest BCUT2D eigenvalue weighted by Crippen LogP contribution is 2.25. The minimum Gasteiger partial charge on any atom is -0.337 e. The van der Waals surface area contributed by atoms with Gasteiger partial charge < -0.3 is 9.42 Å². The standard InChI is InChI=1S/C22H23ClN4O4S/c1-26(15-20-24-21(25-31-20)16-7-9-18(23)10-8-16)22(28)17-11-13-27(14-12-17)32(29,30)19-5-3-2-4-6-19/h2-10,17H,11-15H2,1H3. The Labute approximate surface area is 191 Å². The van der Waals surface area contributed by atoms with Crippen molar-refractivity contribution in [2.24, 2.45) is 5.92 Å². The molecule has 2 heterocycles. The molecule has 1 aliphatic rings. The monoisotopic (exact) mass is 474 g/mol. The van der Waals surface area contributed by atoms with E-state index < -0.39 is 10.0 Å². The highest BCUT2D eigenvalue weighted by atomic mass is 35.5. The summed E-state index contributed by atoms with van der Waals surface area (Å²) < 4.78 is 32.3. The van der Waals surface area contributed by atoms with Crippen LogP contribution in [0.4, 0.5) is 0 Å². The molecule has 10 heteroatoms. The number of hydrogen-bond acceptors (Lipinski definition) is 6. The van der Waals surface area contributed by atoms with E-state index in [4.69, 9.17) is 16.1 Å². The molecule has 0 aliphatic carbocycles. The van der Waals surface area contributed by atoms with Crippen molar-refractivity contribution >= 4 is 27.5 Å². The number of halogens is 1. The lowest BCUT2D eigenvalue weighted by Gasteiger charge is -2.32. The summed E-state index contributed by atoms with van der Waals surface area (Å²) in [6.45, 7) is 0.799. The van der Waals surface area contributed by atoms with Crippen molar-refractivity contribution in [1.29, 1.82) is 0 Å². The van der Waals surface area contributed by atoms with E-state index >= 15 is 0 Å². The van der Waals surface area contributed by atoms with E-state index in [1.165, 1.54) is 4.31 Å². The van der Waals surface area contributed by atoms with Crippen molar-refractivity contribution in [2.45, 2.75) is 24.3 Å². The van der Waals surface area contributed by atoms with E-state index in [2.05, 4.69) is 10.1 Å². The molecule has 4 rings (SSSR count). The number of carbonyl (C=O) groups excluding carboxylic acids is 1. The Balaban J connectivity index is 1.34. The Bertz CT molecular complexity index is 1170. The zero-order valence-corrected chi connectivity index (χ0v) is 19.1. The first-order chi connectivity index (χ1) is 15.3. The van der Waals surface area contributed by atoms with E-state index in [0.29, 0.717) is 42.7 Å². The van der Waals surface area contributed by atoms with Crippen molar-refractivity contribution in [1.82, 2.24) is 19.3 Å². The molecule has 3 aromatic rings. The van der Waals surface area contributed by atoms with Crippen molar-refractivity contribution < 1.29 is 17.7 Å². The number of rotatable bonds is 6. The predicted molar refractivity (Wildman–Crippen MR) is 119 cm³/mol. The number of nitrogens with zero attached hydrogens (tertiary/aromatic N) is 4. The van der Waals surface area contributed by atoms with Crippen molar-refractivity contribution in [3.05, 3.63) is 65.5 Å². The number of sulfonamides is 1. The zero-order chi connectivity index (χ0) is 22.7. The van der Waals surface area contributed by atoms with Gasteiger partial charge in [-0.1, -0.05) is 35.0 Å². The molecule has 2 aromatic carbocycles. The fourth-order valence-electron chi connectivity index (χ4n) is 3.71. The van der Waals surface area contributed by atoms with Gasteiger partial charge in [0.25, 0.3) is 0 Å². The maximum atomic E-state index is 12.9. The molecule has 32 heavy (non-hydrogen) atoms. The lowest BCUT2D eigenvalue weighted by atomic mass is 9.97. The predicted octanol–water partition coefficient (Wildman–Crippen LogP) is 3.45. The van der Waals surface area contributed by atoms with E-state index in [-0.39, 0.29) is 23.3 Å². The van der Waals surface area contributed by atoms with Crippen LogP contribution in [0, 0.1) is 5.92 Å². The maximum absolute atomic E-state index is 12.9. The van der Waals surface area contributed by atoms with Crippen LogP contribution in [-0.2, 0) is 21.4 Å². The average molecular weight is 475 g/mol. The number of aromatic nitrogens is 2. The Morgan fingerprint density at radius 3 is 2.44 bits per heavy atom. The van der Waals surface area contributed by atoms with Crippen LogP contribution in [0.2, 0.25) is 5.02 Å². The van der Waals surface area contributed by atoms with E-state index in [9.17, 15) is 13.2 Å². The second-order valence-electron chi connectivity index (χ2n) is 7.70. The molecule has 0 saturated carbocycles. The van der Waals surface area contributed by atoms with Gasteiger partial charge in [0.2, 0.25) is 27.6 Å². The lowest BCUT2D eigenvalue weighted by molar-refractivity contribution is -0.136. The summed E-state index contributed by atoms with van der Waals surface area (Å²) in [6.07, 6.45) is 0.935. The van der Waals surface area contributed by atoms with Gasteiger partial charge >= 0.3 is 0 Å². The Hall–Kier alpha value is -2.75. The van der Waals surface area contributed by atoms with E-state index in [1.807, 2.05) is 0 Å². The Kier molecular flexibility index (Phi) is 6.59. The first-order valence-corrected chi connectivity index (χ1v) is 12.0. The van der Waals surface area contributed by atoms with Gasteiger partial charge in [-0.2, -0.15) is 9.29 Å². The number of carbonyl (C=O) groups is 1. The Morgan fingerprint density at radius 1 is 1.12 bits per heavy atom. The van der Waals surface area contributed by atoms with Crippen LogP contribution in [0.15, 0.2) is 64.0 Å². The SMILES string of the molecule is CN(Cc1nc(-c2ccc(Cl)cc2)no1)C(=O)C1CCN(S(=O)(=O)c2ccccc2)CC1. The van der Waals surface area contributed by atoms with E-state index in [0.717, 1.165) is 5.56 Å². The molecular weight excluding hydrogens is 452 g/mol. The van der Waals surface area contributed by atoms with E-state index in [1.54, 1.807) is 66.5 Å². The van der Waals surface area contributed by atoms with Crippen molar-refractivity contribution in [3.63, 3.8) is 0 Å². The molecule has 0 spiro atoms. The van der Waals surface area contributed by atoms with Crippen LogP contribution >= 0.6 is 11.6 Å². The fraction of sp³-hybridized carbons (Fsp3) is 0.318. The topological polar surface area (TPSA) is 96.6 Å². The third-order valence-electron chi connectivity index (χ3n) is 5.50. The second-order valence-corrected chi connectivity index (χ2v) is 10.1. The first kappa shape index (κ1) is 22.4. The summed E-state index contributed by atoms with van der Waals surface area (Å²) in [4.78, 5) is 19.1. The lowest BCUT2D eigenvalue weighted by Crippen LogP contribution is -2.43. The summed E-state index contributed by atoms with van der Waals surface area (Å²) in [7, 11) is -1.86. The van der Waals surface area contributed by atoms with Crippen LogP contribution in [0.3, 0.4) is 0 Å². The van der Waals surface area contributed by atoms with Gasteiger partial charge in [0.15, 0.2) is 0 Å². The number of piperidine rings is 1. The third-order valence-corrected chi connectivity index (χ3v) is 7.67. The summed E-state index contributed by atoms with van der Waals surface area (Å²) in [5, 5.41) is 4.58. The number of amides is 1. The van der Waals surface area contributed by atoms with Crippen LogP contribution in [0.1, 0.15) is 18.7 Å². The number of hydrogen-bond donors (Lipinski definition) is 0. The summed E-state index contributed by atoms with van der Waals surface area (Å²) in [5.41, 5.74) is 0.769. The maximum Gasteiger partial charge on any atom is 0.246 e. The number of benzene rings is 2. The van der Waals surface area contributed by atoms with Gasteiger partial charge in [-0.3, -0.25) is 4.79 Å². The van der Waals surface area contributed by atoms with Gasteiger partial charge in [0.1, 0.15) is 0 Å².